The summed E-state index contributed by atoms with van der Waals surface area (Å²) in [7, 11) is 0. The van der Waals surface area contributed by atoms with Crippen molar-refractivity contribution in [1.82, 2.24) is 4.90 Å². The van der Waals surface area contributed by atoms with E-state index in [-0.39, 0.29) is 12.5 Å². The second-order valence-corrected chi connectivity index (χ2v) is 3.90. The minimum atomic E-state index is -0.512. The van der Waals surface area contributed by atoms with Gasteiger partial charge in [0, 0.05) is 30.8 Å². The Labute approximate surface area is 106 Å². The number of carbonyl (C=O) groups excluding carboxylic acids is 2. The van der Waals surface area contributed by atoms with Crippen molar-refractivity contribution in [3.8, 4) is 0 Å². The third-order valence-corrected chi connectivity index (χ3v) is 2.67. The van der Waals surface area contributed by atoms with Crippen LogP contribution in [0, 0.1) is 0 Å². The molecular formula is C13H18N2O3. The molecule has 0 bridgehead atoms. The van der Waals surface area contributed by atoms with Gasteiger partial charge < -0.3 is 15.7 Å². The Bertz CT molecular complexity index is 415. The molecule has 0 atom stereocenters. The van der Waals surface area contributed by atoms with Crippen LogP contribution in [-0.4, -0.2) is 41.5 Å². The highest BCUT2D eigenvalue weighted by molar-refractivity contribution is 5.97. The van der Waals surface area contributed by atoms with E-state index in [1.807, 2.05) is 6.92 Å². The molecule has 5 nitrogen and oxygen atoms in total. The topological polar surface area (TPSA) is 83.6 Å². The maximum absolute atomic E-state index is 12.1. The summed E-state index contributed by atoms with van der Waals surface area (Å²) in [6.45, 7) is 3.04. The molecule has 0 heterocycles. The molecule has 0 aliphatic heterocycles. The van der Waals surface area contributed by atoms with Crippen LogP contribution in [0.3, 0.4) is 0 Å². The molecule has 0 saturated heterocycles. The molecule has 1 aromatic carbocycles. The zero-order chi connectivity index (χ0) is 13.5. The molecule has 0 aliphatic rings. The molecular weight excluding hydrogens is 232 g/mol. The molecule has 0 fully saturated rings. The average molecular weight is 250 g/mol. The van der Waals surface area contributed by atoms with Crippen molar-refractivity contribution in [2.45, 2.75) is 13.3 Å². The second-order valence-electron chi connectivity index (χ2n) is 3.90. The highest BCUT2D eigenvalue weighted by Gasteiger charge is 2.13. The normalized spacial score (nSPS) is 10.1. The Kier molecular flexibility index (Phi) is 5.32. The summed E-state index contributed by atoms with van der Waals surface area (Å²) in [6, 6.07) is 6.25. The fourth-order valence-electron chi connectivity index (χ4n) is 1.62. The second kappa shape index (κ2) is 6.76. The van der Waals surface area contributed by atoms with Crippen LogP contribution < -0.4 is 5.73 Å². The molecule has 5 heteroatoms. The van der Waals surface area contributed by atoms with Crippen molar-refractivity contribution in [2.24, 2.45) is 5.73 Å². The van der Waals surface area contributed by atoms with Crippen LogP contribution >= 0.6 is 0 Å². The predicted octanol–water partition coefficient (Wildman–Crippen LogP) is 0.630. The van der Waals surface area contributed by atoms with Gasteiger partial charge in [-0.15, -0.1) is 0 Å². The Morgan fingerprint density at radius 1 is 1.22 bits per heavy atom. The lowest BCUT2D eigenvalue weighted by molar-refractivity contribution is 0.0753. The van der Waals surface area contributed by atoms with E-state index in [4.69, 9.17) is 10.8 Å². The molecule has 2 amide bonds. The molecule has 0 radical (unpaired) electrons. The van der Waals surface area contributed by atoms with Gasteiger partial charge in [0.15, 0.2) is 0 Å². The van der Waals surface area contributed by atoms with Crippen LogP contribution in [0.4, 0.5) is 0 Å². The van der Waals surface area contributed by atoms with Crippen LogP contribution in [0.2, 0.25) is 0 Å². The molecule has 0 aromatic heterocycles. The fourth-order valence-corrected chi connectivity index (χ4v) is 1.62. The lowest BCUT2D eigenvalue weighted by Crippen LogP contribution is -2.32. The smallest absolute Gasteiger partial charge is 0.253 e. The van der Waals surface area contributed by atoms with Crippen molar-refractivity contribution in [2.75, 3.05) is 19.7 Å². The van der Waals surface area contributed by atoms with Crippen molar-refractivity contribution in [3.05, 3.63) is 35.4 Å². The van der Waals surface area contributed by atoms with Gasteiger partial charge in [0.25, 0.3) is 5.91 Å². The van der Waals surface area contributed by atoms with Gasteiger partial charge in [-0.25, -0.2) is 0 Å². The number of amides is 2. The lowest BCUT2D eigenvalue weighted by Gasteiger charge is -2.20. The molecule has 98 valence electrons. The zero-order valence-electron chi connectivity index (χ0n) is 10.4. The first kappa shape index (κ1) is 14.2. The van der Waals surface area contributed by atoms with E-state index in [1.54, 1.807) is 17.0 Å². The molecule has 3 N–H and O–H groups in total. The quantitative estimate of drug-likeness (QED) is 0.776. The first-order chi connectivity index (χ1) is 8.60. The predicted molar refractivity (Wildman–Crippen MR) is 68.2 cm³/mol. The summed E-state index contributed by atoms with van der Waals surface area (Å²) in [5.41, 5.74) is 6.02. The number of hydrogen-bond acceptors (Lipinski definition) is 3. The Hall–Kier alpha value is -1.88. The number of hydrogen-bond donors (Lipinski definition) is 2. The maximum Gasteiger partial charge on any atom is 0.253 e. The van der Waals surface area contributed by atoms with Crippen molar-refractivity contribution in [3.63, 3.8) is 0 Å². The fraction of sp³-hybridized carbons (Fsp3) is 0.385. The first-order valence-corrected chi connectivity index (χ1v) is 5.90. The Morgan fingerprint density at radius 3 is 2.22 bits per heavy atom. The first-order valence-electron chi connectivity index (χ1n) is 5.90. The van der Waals surface area contributed by atoms with Crippen LogP contribution in [0.15, 0.2) is 24.3 Å². The molecule has 1 aromatic rings. The molecule has 0 unspecified atom stereocenters. The number of aliphatic hydroxyl groups is 1. The molecule has 0 spiro atoms. The van der Waals surface area contributed by atoms with E-state index in [9.17, 15) is 9.59 Å². The summed E-state index contributed by atoms with van der Waals surface area (Å²) in [4.78, 5) is 24.7. The van der Waals surface area contributed by atoms with E-state index in [0.29, 0.717) is 30.6 Å². The summed E-state index contributed by atoms with van der Waals surface area (Å²) in [5, 5.41) is 8.77. The number of nitrogens with zero attached hydrogens (tertiary/aromatic N) is 1. The summed E-state index contributed by atoms with van der Waals surface area (Å²) in [5.74, 6) is -0.622. The standard InChI is InChI=1S/C13H18N2O3/c1-2-15(8-3-9-16)13(18)11-6-4-10(5-7-11)12(14)17/h4-7,16H,2-3,8-9H2,1H3,(H2,14,17). The lowest BCUT2D eigenvalue weighted by atomic mass is 10.1. The van der Waals surface area contributed by atoms with Crippen LogP contribution in [-0.2, 0) is 0 Å². The minimum Gasteiger partial charge on any atom is -0.396 e. The Balaban J connectivity index is 2.78. The van der Waals surface area contributed by atoms with E-state index < -0.39 is 5.91 Å². The number of benzene rings is 1. The summed E-state index contributed by atoms with van der Waals surface area (Å²) >= 11 is 0. The van der Waals surface area contributed by atoms with Gasteiger partial charge in [-0.2, -0.15) is 0 Å². The van der Waals surface area contributed by atoms with Crippen LogP contribution in [0.25, 0.3) is 0 Å². The van der Waals surface area contributed by atoms with Gasteiger partial charge in [0.2, 0.25) is 5.91 Å². The molecule has 0 saturated carbocycles. The number of aliphatic hydroxyl groups excluding tert-OH is 1. The highest BCUT2D eigenvalue weighted by Crippen LogP contribution is 2.08. The van der Waals surface area contributed by atoms with Gasteiger partial charge in [0.1, 0.15) is 0 Å². The summed E-state index contributed by atoms with van der Waals surface area (Å²) < 4.78 is 0. The minimum absolute atomic E-state index is 0.0599. The molecule has 18 heavy (non-hydrogen) atoms. The average Bonchev–Trinajstić information content (AvgIpc) is 2.39. The third-order valence-electron chi connectivity index (χ3n) is 2.67. The van der Waals surface area contributed by atoms with Crippen molar-refractivity contribution < 1.29 is 14.7 Å². The largest absolute Gasteiger partial charge is 0.396 e. The van der Waals surface area contributed by atoms with Crippen molar-refractivity contribution in [1.29, 1.82) is 0 Å². The monoisotopic (exact) mass is 250 g/mol. The zero-order valence-corrected chi connectivity index (χ0v) is 10.4. The molecule has 1 rings (SSSR count). The van der Waals surface area contributed by atoms with E-state index in [0.717, 1.165) is 0 Å². The number of carbonyl (C=O) groups is 2. The number of nitrogens with two attached hydrogens (primary N) is 1. The van der Waals surface area contributed by atoms with Crippen LogP contribution in [0.1, 0.15) is 34.1 Å². The highest BCUT2D eigenvalue weighted by atomic mass is 16.3. The van der Waals surface area contributed by atoms with Gasteiger partial charge in [0.05, 0.1) is 0 Å². The van der Waals surface area contributed by atoms with Crippen molar-refractivity contribution >= 4 is 11.8 Å². The SMILES string of the molecule is CCN(CCCO)C(=O)c1ccc(C(N)=O)cc1. The van der Waals surface area contributed by atoms with Gasteiger partial charge in [-0.1, -0.05) is 0 Å². The van der Waals surface area contributed by atoms with Gasteiger partial charge in [-0.3, -0.25) is 9.59 Å². The van der Waals surface area contributed by atoms with E-state index in [2.05, 4.69) is 0 Å². The van der Waals surface area contributed by atoms with E-state index in [1.165, 1.54) is 12.1 Å². The Morgan fingerprint density at radius 2 is 1.78 bits per heavy atom. The van der Waals surface area contributed by atoms with E-state index >= 15 is 0 Å². The summed E-state index contributed by atoms with van der Waals surface area (Å²) in [6.07, 6.45) is 0.555. The number of rotatable bonds is 6. The molecule has 0 aliphatic carbocycles. The van der Waals surface area contributed by atoms with Gasteiger partial charge >= 0.3 is 0 Å². The van der Waals surface area contributed by atoms with Gasteiger partial charge in [-0.05, 0) is 37.6 Å². The maximum atomic E-state index is 12.1. The number of primary amides is 1. The third kappa shape index (κ3) is 3.56. The van der Waals surface area contributed by atoms with Crippen LogP contribution in [0.5, 0.6) is 0 Å².